The molecule has 1 saturated carbocycles. The molecule has 2 aliphatic rings. The van der Waals surface area contributed by atoms with Crippen LogP contribution in [0.15, 0.2) is 30.3 Å². The summed E-state index contributed by atoms with van der Waals surface area (Å²) in [5.74, 6) is 1.91. The van der Waals surface area contributed by atoms with Gasteiger partial charge in [-0.25, -0.2) is 9.48 Å². The van der Waals surface area contributed by atoms with Crippen molar-refractivity contribution < 1.29 is 4.79 Å². The van der Waals surface area contributed by atoms with Crippen LogP contribution in [0.1, 0.15) is 56.7 Å². The molecule has 2 heterocycles. The third kappa shape index (κ3) is 3.22. The van der Waals surface area contributed by atoms with E-state index in [9.17, 15) is 4.79 Å². The largest absolute Gasteiger partial charge is 0.323 e. The Morgan fingerprint density at radius 3 is 2.54 bits per heavy atom. The molecule has 0 spiro atoms. The number of benzene rings is 1. The second kappa shape index (κ2) is 6.78. The van der Waals surface area contributed by atoms with Gasteiger partial charge < -0.3 is 4.90 Å². The smallest absolute Gasteiger partial charge is 0.322 e. The van der Waals surface area contributed by atoms with Gasteiger partial charge in [0.05, 0.1) is 11.4 Å². The van der Waals surface area contributed by atoms with Crippen molar-refractivity contribution in [3.8, 4) is 5.69 Å². The molecule has 2 aromatic rings. The summed E-state index contributed by atoms with van der Waals surface area (Å²) in [5, 5.41) is 8.05. The molecule has 138 valence electrons. The first-order valence-corrected chi connectivity index (χ1v) is 9.77. The van der Waals surface area contributed by atoms with Gasteiger partial charge in [0, 0.05) is 24.1 Å². The first kappa shape index (κ1) is 17.1. The number of likely N-dealkylation sites (tertiary alicyclic amines) is 1. The normalized spacial score (nSPS) is 23.1. The van der Waals surface area contributed by atoms with Crippen molar-refractivity contribution in [1.29, 1.82) is 0 Å². The van der Waals surface area contributed by atoms with Gasteiger partial charge in [0.15, 0.2) is 0 Å². The molecule has 0 bridgehead atoms. The average molecular weight is 352 g/mol. The molecule has 2 unspecified atom stereocenters. The maximum Gasteiger partial charge on any atom is 0.323 e. The first-order valence-electron chi connectivity index (χ1n) is 9.77. The summed E-state index contributed by atoms with van der Waals surface area (Å²) in [4.78, 5) is 15.0. The van der Waals surface area contributed by atoms with Crippen molar-refractivity contribution in [3.63, 3.8) is 0 Å². The molecule has 5 heteroatoms. The van der Waals surface area contributed by atoms with Gasteiger partial charge in [-0.2, -0.15) is 5.10 Å². The predicted molar refractivity (Wildman–Crippen MR) is 104 cm³/mol. The van der Waals surface area contributed by atoms with Crippen molar-refractivity contribution in [1.82, 2.24) is 14.7 Å². The molecule has 26 heavy (non-hydrogen) atoms. The second-order valence-electron chi connectivity index (χ2n) is 7.99. The maximum absolute atomic E-state index is 13.0. The van der Waals surface area contributed by atoms with E-state index in [4.69, 9.17) is 5.10 Å². The maximum atomic E-state index is 13.0. The Labute approximate surface area is 155 Å². The lowest BCUT2D eigenvalue weighted by atomic mass is 9.95. The summed E-state index contributed by atoms with van der Waals surface area (Å²) in [6, 6.07) is 10.3. The molecule has 1 aromatic carbocycles. The Hall–Kier alpha value is -2.30. The number of aromatic nitrogens is 2. The molecule has 1 aromatic heterocycles. The van der Waals surface area contributed by atoms with E-state index in [1.807, 2.05) is 39.9 Å². The zero-order valence-corrected chi connectivity index (χ0v) is 15.9. The number of rotatable bonds is 3. The molecular formula is C21H28N4O. The van der Waals surface area contributed by atoms with Crippen molar-refractivity contribution in [2.75, 3.05) is 11.9 Å². The number of piperidine rings is 1. The zero-order valence-electron chi connectivity index (χ0n) is 15.9. The molecule has 5 nitrogen and oxygen atoms in total. The highest BCUT2D eigenvalue weighted by Crippen LogP contribution is 2.43. The number of hydrogen-bond acceptors (Lipinski definition) is 2. The van der Waals surface area contributed by atoms with E-state index in [1.54, 1.807) is 0 Å². The topological polar surface area (TPSA) is 50.2 Å². The van der Waals surface area contributed by atoms with E-state index < -0.39 is 0 Å². The van der Waals surface area contributed by atoms with Gasteiger partial charge in [0.2, 0.25) is 0 Å². The summed E-state index contributed by atoms with van der Waals surface area (Å²) in [6.07, 6.45) is 4.65. The van der Waals surface area contributed by atoms with Crippen LogP contribution in [0.3, 0.4) is 0 Å². The van der Waals surface area contributed by atoms with Crippen LogP contribution in [-0.4, -0.2) is 33.3 Å². The minimum absolute atomic E-state index is 0.00780. The minimum Gasteiger partial charge on any atom is -0.322 e. The molecular weight excluding hydrogens is 324 g/mol. The molecule has 1 N–H and O–H groups in total. The molecule has 1 saturated heterocycles. The van der Waals surface area contributed by atoms with Crippen LogP contribution in [0, 0.1) is 12.8 Å². The second-order valence-corrected chi connectivity index (χ2v) is 7.99. The van der Waals surface area contributed by atoms with Crippen LogP contribution >= 0.6 is 0 Å². The Morgan fingerprint density at radius 1 is 1.12 bits per heavy atom. The molecule has 4 rings (SSSR count). The Bertz CT molecular complexity index is 794. The summed E-state index contributed by atoms with van der Waals surface area (Å²) in [5.41, 5.74) is 3.21. The number of para-hydroxylation sites is 1. The van der Waals surface area contributed by atoms with Gasteiger partial charge in [-0.3, -0.25) is 5.32 Å². The fourth-order valence-electron chi connectivity index (χ4n) is 3.90. The lowest BCUT2D eigenvalue weighted by molar-refractivity contribution is 0.147. The highest BCUT2D eigenvalue weighted by atomic mass is 16.2. The Balaban J connectivity index is 1.65. The number of nitrogens with one attached hydrogen (secondary N) is 1. The van der Waals surface area contributed by atoms with Crippen LogP contribution in [0.4, 0.5) is 10.6 Å². The Kier molecular flexibility index (Phi) is 4.47. The number of nitrogens with zero attached hydrogens (tertiary/aromatic N) is 3. The van der Waals surface area contributed by atoms with Crippen molar-refractivity contribution >= 4 is 11.8 Å². The minimum atomic E-state index is -0.00780. The van der Waals surface area contributed by atoms with Gasteiger partial charge in [-0.15, -0.1) is 0 Å². The van der Waals surface area contributed by atoms with E-state index in [0.29, 0.717) is 11.8 Å². The number of carbonyl (C=O) groups excluding carboxylic acids is 1. The number of urea groups is 1. The fourth-order valence-corrected chi connectivity index (χ4v) is 3.90. The summed E-state index contributed by atoms with van der Waals surface area (Å²) < 4.78 is 1.90. The van der Waals surface area contributed by atoms with Crippen molar-refractivity contribution in [2.45, 2.75) is 58.4 Å². The van der Waals surface area contributed by atoms with E-state index in [0.717, 1.165) is 35.7 Å². The van der Waals surface area contributed by atoms with Crippen LogP contribution in [-0.2, 0) is 0 Å². The number of anilines is 1. The van der Waals surface area contributed by atoms with Crippen LogP contribution in [0.25, 0.3) is 5.69 Å². The van der Waals surface area contributed by atoms with Crippen LogP contribution < -0.4 is 5.32 Å². The van der Waals surface area contributed by atoms with Gasteiger partial charge >= 0.3 is 6.03 Å². The fraction of sp³-hybridized carbons (Fsp3) is 0.524. The lowest BCUT2D eigenvalue weighted by Crippen LogP contribution is -2.47. The van der Waals surface area contributed by atoms with E-state index in [-0.39, 0.29) is 12.1 Å². The third-order valence-electron chi connectivity index (χ3n) is 5.73. The van der Waals surface area contributed by atoms with Crippen molar-refractivity contribution in [3.05, 3.63) is 41.6 Å². The highest BCUT2D eigenvalue weighted by molar-refractivity contribution is 5.90. The first-order chi connectivity index (χ1) is 12.5. The van der Waals surface area contributed by atoms with E-state index in [1.165, 1.54) is 19.3 Å². The monoisotopic (exact) mass is 352 g/mol. The van der Waals surface area contributed by atoms with Gasteiger partial charge in [0.1, 0.15) is 5.82 Å². The zero-order chi connectivity index (χ0) is 18.3. The standard InChI is InChI=1S/C21H28N4O/c1-14-9-10-15(2)24(13-14)21(26)22-20-16(3)19(17-11-12-17)23-25(20)18-7-5-4-6-8-18/h4-8,14-15,17H,9-13H2,1-3H3,(H,22,26). The van der Waals surface area contributed by atoms with Crippen molar-refractivity contribution in [2.24, 2.45) is 5.92 Å². The predicted octanol–water partition coefficient (Wildman–Crippen LogP) is 4.71. The quantitative estimate of drug-likeness (QED) is 0.869. The third-order valence-corrected chi connectivity index (χ3v) is 5.73. The average Bonchev–Trinajstić information content (AvgIpc) is 3.43. The number of amides is 2. The molecule has 1 aliphatic heterocycles. The van der Waals surface area contributed by atoms with Gasteiger partial charge in [0.25, 0.3) is 0 Å². The summed E-state index contributed by atoms with van der Waals surface area (Å²) in [7, 11) is 0. The summed E-state index contributed by atoms with van der Waals surface area (Å²) in [6.45, 7) is 7.26. The molecule has 2 atom stereocenters. The van der Waals surface area contributed by atoms with Gasteiger partial charge in [-0.1, -0.05) is 25.1 Å². The molecule has 1 aliphatic carbocycles. The highest BCUT2D eigenvalue weighted by Gasteiger charge is 2.32. The number of hydrogen-bond donors (Lipinski definition) is 1. The van der Waals surface area contributed by atoms with E-state index in [2.05, 4.69) is 26.1 Å². The molecule has 2 amide bonds. The summed E-state index contributed by atoms with van der Waals surface area (Å²) >= 11 is 0. The van der Waals surface area contributed by atoms with Gasteiger partial charge in [-0.05, 0) is 57.6 Å². The SMILES string of the molecule is Cc1c(C2CC2)nn(-c2ccccc2)c1NC(=O)N1CC(C)CCC1C. The van der Waals surface area contributed by atoms with Crippen LogP contribution in [0.5, 0.6) is 0 Å². The van der Waals surface area contributed by atoms with E-state index >= 15 is 0 Å². The molecule has 0 radical (unpaired) electrons. The number of carbonyl (C=O) groups is 1. The Morgan fingerprint density at radius 2 is 1.85 bits per heavy atom. The lowest BCUT2D eigenvalue weighted by Gasteiger charge is -2.36. The molecule has 2 fully saturated rings. The van der Waals surface area contributed by atoms with Crippen LogP contribution in [0.2, 0.25) is 0 Å².